The number of anilines is 2. The highest BCUT2D eigenvalue weighted by Crippen LogP contribution is 2.27. The Kier molecular flexibility index (Phi) is 7.41. The van der Waals surface area contributed by atoms with Crippen LogP contribution in [0.5, 0.6) is 5.75 Å². The van der Waals surface area contributed by atoms with Gasteiger partial charge >= 0.3 is 0 Å². The standard InChI is InChI=1S/C22H28N2O3/c1-5-17-9-7-10-18(6-2)22(17)24(16(3)25)14-13-21(26)23-19-11-8-12-20(15-19)27-4/h7-12,15H,5-6,13-14H2,1-4H3,(H,23,26). The summed E-state index contributed by atoms with van der Waals surface area (Å²) in [7, 11) is 1.59. The predicted molar refractivity (Wildman–Crippen MR) is 109 cm³/mol. The maximum absolute atomic E-state index is 12.4. The van der Waals surface area contributed by atoms with Gasteiger partial charge in [0.2, 0.25) is 11.8 Å². The molecule has 0 bridgehead atoms. The third-order valence-corrected chi connectivity index (χ3v) is 4.53. The monoisotopic (exact) mass is 368 g/mol. The molecule has 0 atom stereocenters. The maximum Gasteiger partial charge on any atom is 0.226 e. The normalized spacial score (nSPS) is 10.4. The van der Waals surface area contributed by atoms with E-state index in [0.29, 0.717) is 18.0 Å². The van der Waals surface area contributed by atoms with Crippen LogP contribution in [-0.4, -0.2) is 25.5 Å². The summed E-state index contributed by atoms with van der Waals surface area (Å²) in [6, 6.07) is 13.3. The number of methoxy groups -OCH3 is 1. The van der Waals surface area contributed by atoms with E-state index in [1.54, 1.807) is 25.0 Å². The molecule has 2 rings (SSSR count). The van der Waals surface area contributed by atoms with E-state index in [0.717, 1.165) is 29.7 Å². The smallest absolute Gasteiger partial charge is 0.226 e. The first-order valence-corrected chi connectivity index (χ1v) is 9.32. The van der Waals surface area contributed by atoms with Crippen LogP contribution in [0, 0.1) is 0 Å². The van der Waals surface area contributed by atoms with Crippen LogP contribution in [-0.2, 0) is 22.4 Å². The van der Waals surface area contributed by atoms with Crippen LogP contribution in [0.4, 0.5) is 11.4 Å². The highest BCUT2D eigenvalue weighted by molar-refractivity contribution is 5.96. The summed E-state index contributed by atoms with van der Waals surface area (Å²) in [4.78, 5) is 26.4. The van der Waals surface area contributed by atoms with E-state index in [1.165, 1.54) is 0 Å². The van der Waals surface area contributed by atoms with Gasteiger partial charge in [0.1, 0.15) is 5.75 Å². The molecule has 0 unspecified atom stereocenters. The minimum atomic E-state index is -0.137. The van der Waals surface area contributed by atoms with E-state index in [2.05, 4.69) is 19.2 Å². The first-order chi connectivity index (χ1) is 13.0. The minimum Gasteiger partial charge on any atom is -0.497 e. The van der Waals surface area contributed by atoms with Crippen LogP contribution in [0.3, 0.4) is 0 Å². The third-order valence-electron chi connectivity index (χ3n) is 4.53. The Hall–Kier alpha value is -2.82. The molecule has 0 saturated heterocycles. The zero-order valence-electron chi connectivity index (χ0n) is 16.5. The molecule has 0 radical (unpaired) electrons. The molecule has 2 aromatic carbocycles. The van der Waals surface area contributed by atoms with Crippen molar-refractivity contribution in [3.8, 4) is 5.75 Å². The number of aryl methyl sites for hydroxylation is 2. The quantitative estimate of drug-likeness (QED) is 0.760. The van der Waals surface area contributed by atoms with Gasteiger partial charge in [-0.3, -0.25) is 9.59 Å². The zero-order chi connectivity index (χ0) is 19.8. The van der Waals surface area contributed by atoms with E-state index < -0.39 is 0 Å². The second kappa shape index (κ2) is 9.76. The van der Waals surface area contributed by atoms with E-state index >= 15 is 0 Å². The van der Waals surface area contributed by atoms with Crippen LogP contribution >= 0.6 is 0 Å². The summed E-state index contributed by atoms with van der Waals surface area (Å²) < 4.78 is 5.17. The second-order valence-electron chi connectivity index (χ2n) is 6.33. The molecule has 5 nitrogen and oxygen atoms in total. The van der Waals surface area contributed by atoms with Gasteiger partial charge in [-0.25, -0.2) is 0 Å². The minimum absolute atomic E-state index is 0.0558. The lowest BCUT2D eigenvalue weighted by Gasteiger charge is -2.26. The Bertz CT molecular complexity index is 780. The molecule has 0 aliphatic heterocycles. The van der Waals surface area contributed by atoms with Gasteiger partial charge in [0.05, 0.1) is 7.11 Å². The number of nitrogens with one attached hydrogen (secondary N) is 1. The lowest BCUT2D eigenvalue weighted by Crippen LogP contribution is -2.33. The number of hydrogen-bond donors (Lipinski definition) is 1. The highest BCUT2D eigenvalue weighted by Gasteiger charge is 2.19. The van der Waals surface area contributed by atoms with Gasteiger partial charge in [-0.2, -0.15) is 0 Å². The Morgan fingerprint density at radius 3 is 2.22 bits per heavy atom. The van der Waals surface area contributed by atoms with Gasteiger partial charge in [0.15, 0.2) is 0 Å². The van der Waals surface area contributed by atoms with Crippen molar-refractivity contribution in [3.05, 3.63) is 53.6 Å². The van der Waals surface area contributed by atoms with E-state index in [-0.39, 0.29) is 18.2 Å². The first-order valence-electron chi connectivity index (χ1n) is 9.32. The number of nitrogens with zero attached hydrogens (tertiary/aromatic N) is 1. The SMILES string of the molecule is CCc1cccc(CC)c1N(CCC(=O)Nc1cccc(OC)c1)C(C)=O. The van der Waals surface area contributed by atoms with E-state index in [4.69, 9.17) is 4.74 Å². The average molecular weight is 368 g/mol. The van der Waals surface area contributed by atoms with Gasteiger partial charge in [0.25, 0.3) is 0 Å². The number of carbonyl (C=O) groups excluding carboxylic acids is 2. The van der Waals surface area contributed by atoms with Crippen molar-refractivity contribution in [2.24, 2.45) is 0 Å². The van der Waals surface area contributed by atoms with Crippen LogP contribution in [0.15, 0.2) is 42.5 Å². The van der Waals surface area contributed by atoms with E-state index in [1.807, 2.05) is 36.4 Å². The molecule has 0 aliphatic rings. The highest BCUT2D eigenvalue weighted by atomic mass is 16.5. The van der Waals surface area contributed by atoms with E-state index in [9.17, 15) is 9.59 Å². The van der Waals surface area contributed by atoms with Crippen molar-refractivity contribution < 1.29 is 14.3 Å². The fourth-order valence-corrected chi connectivity index (χ4v) is 3.13. The Morgan fingerprint density at radius 2 is 1.67 bits per heavy atom. The predicted octanol–water partition coefficient (Wildman–Crippen LogP) is 4.20. The molecule has 0 saturated carbocycles. The van der Waals surface area contributed by atoms with Crippen LogP contribution < -0.4 is 15.0 Å². The summed E-state index contributed by atoms with van der Waals surface area (Å²) in [6.07, 6.45) is 1.89. The number of amides is 2. The Balaban J connectivity index is 2.13. The van der Waals surface area contributed by atoms with Gasteiger partial charge in [-0.1, -0.05) is 38.1 Å². The van der Waals surface area contributed by atoms with Crippen LogP contribution in [0.1, 0.15) is 38.3 Å². The number of rotatable bonds is 8. The number of hydrogen-bond acceptors (Lipinski definition) is 3. The third kappa shape index (κ3) is 5.33. The molecule has 144 valence electrons. The summed E-state index contributed by atoms with van der Waals surface area (Å²) in [5.74, 6) is 0.490. The Labute approximate surface area is 161 Å². The molecule has 2 aromatic rings. The van der Waals surface area contributed by atoms with Gasteiger partial charge in [-0.15, -0.1) is 0 Å². The van der Waals surface area contributed by atoms with Crippen LogP contribution in [0.25, 0.3) is 0 Å². The van der Waals surface area contributed by atoms with Crippen molar-refractivity contribution in [2.75, 3.05) is 23.9 Å². The van der Waals surface area contributed by atoms with Crippen molar-refractivity contribution in [3.63, 3.8) is 0 Å². The van der Waals surface area contributed by atoms with Gasteiger partial charge in [-0.05, 0) is 36.1 Å². The van der Waals surface area contributed by atoms with Gasteiger partial charge in [0, 0.05) is 37.3 Å². The maximum atomic E-state index is 12.4. The Morgan fingerprint density at radius 1 is 1.04 bits per heavy atom. The number of para-hydroxylation sites is 1. The topological polar surface area (TPSA) is 58.6 Å². The van der Waals surface area contributed by atoms with Crippen molar-refractivity contribution >= 4 is 23.2 Å². The fraction of sp³-hybridized carbons (Fsp3) is 0.364. The average Bonchev–Trinajstić information content (AvgIpc) is 2.67. The number of ether oxygens (including phenoxy) is 1. The molecular formula is C22H28N2O3. The zero-order valence-corrected chi connectivity index (χ0v) is 16.5. The molecule has 1 N–H and O–H groups in total. The molecule has 0 spiro atoms. The molecule has 0 aromatic heterocycles. The second-order valence-corrected chi connectivity index (χ2v) is 6.33. The van der Waals surface area contributed by atoms with Crippen LogP contribution in [0.2, 0.25) is 0 Å². The number of benzene rings is 2. The summed E-state index contributed by atoms with van der Waals surface area (Å²) in [5, 5.41) is 2.86. The first kappa shape index (κ1) is 20.5. The lowest BCUT2D eigenvalue weighted by molar-refractivity contribution is -0.117. The lowest BCUT2D eigenvalue weighted by atomic mass is 10.0. The molecule has 5 heteroatoms. The summed E-state index contributed by atoms with van der Waals surface area (Å²) in [5.41, 5.74) is 3.87. The summed E-state index contributed by atoms with van der Waals surface area (Å²) >= 11 is 0. The fourth-order valence-electron chi connectivity index (χ4n) is 3.13. The number of carbonyl (C=O) groups is 2. The van der Waals surface area contributed by atoms with Crippen molar-refractivity contribution in [1.29, 1.82) is 0 Å². The van der Waals surface area contributed by atoms with Gasteiger partial charge < -0.3 is 15.0 Å². The van der Waals surface area contributed by atoms with Crippen molar-refractivity contribution in [2.45, 2.75) is 40.0 Å². The largest absolute Gasteiger partial charge is 0.497 e. The molecule has 0 fully saturated rings. The van der Waals surface area contributed by atoms with Crippen molar-refractivity contribution in [1.82, 2.24) is 0 Å². The molecular weight excluding hydrogens is 340 g/mol. The molecule has 0 aliphatic carbocycles. The molecule has 27 heavy (non-hydrogen) atoms. The summed E-state index contributed by atoms with van der Waals surface area (Å²) in [6.45, 7) is 6.04. The molecule has 2 amide bonds. The molecule has 0 heterocycles.